The van der Waals surface area contributed by atoms with Crippen molar-refractivity contribution >= 4 is 107 Å². The Labute approximate surface area is 395 Å². The van der Waals surface area contributed by atoms with Crippen molar-refractivity contribution in [3.05, 3.63) is 106 Å². The number of likely N-dealkylation sites (tertiary alicyclic amines) is 1. The molecule has 4 aromatic rings. The van der Waals surface area contributed by atoms with Crippen molar-refractivity contribution in [3.63, 3.8) is 0 Å². The van der Waals surface area contributed by atoms with Gasteiger partial charge in [-0.2, -0.15) is 4.91 Å². The number of anilines is 2. The van der Waals surface area contributed by atoms with E-state index in [-0.39, 0.29) is 46.2 Å². The number of nitrogens with two attached hydrogens (primary N) is 1. The molecule has 4 aliphatic rings. The van der Waals surface area contributed by atoms with Gasteiger partial charge in [0.1, 0.15) is 0 Å². The lowest BCUT2D eigenvalue weighted by Crippen LogP contribution is -2.42. The number of carbonyl (C=O) groups is 7. The number of imide groups is 2. The normalized spacial score (nSPS) is 16.3. The Morgan fingerprint density at radius 3 is 1.48 bits per heavy atom. The highest BCUT2D eigenvalue weighted by molar-refractivity contribution is 7.18. The highest BCUT2D eigenvalue weighted by Crippen LogP contribution is 2.34. The molecule has 0 bridgehead atoms. The monoisotopic (exact) mass is 980 g/mol. The summed E-state index contributed by atoms with van der Waals surface area (Å²) < 4.78 is 1.00. The second-order valence-corrected chi connectivity index (χ2v) is 24.9. The summed E-state index contributed by atoms with van der Waals surface area (Å²) in [4.78, 5) is 105. The number of primary amides is 1. The maximum Gasteiger partial charge on any atom is 0.314 e. The van der Waals surface area contributed by atoms with Crippen LogP contribution in [0.25, 0.3) is 0 Å². The number of halogens is 2. The molecule has 0 radical (unpaired) electrons. The molecule has 0 atom stereocenters. The average Bonchev–Trinajstić information content (AvgIpc) is 4.05. The SMILES string of the molecule is C[Si](C)(C)N=O.NC(=O)N1CCC(CCN2C(=O)c3cccc(NC(=O)c4ccc(Cl)s4)c3C2=O)CC1.O=C(Nc1cccc2c1C(=O)N(CCC1CCNCC1)C2=O)c1ccc(Cl)s1. The Morgan fingerprint density at radius 2 is 1.11 bits per heavy atom. The molecule has 2 aromatic carbocycles. The van der Waals surface area contributed by atoms with Gasteiger partial charge in [-0.1, -0.05) is 35.3 Å². The lowest BCUT2D eigenvalue weighted by Gasteiger charge is -2.31. The van der Waals surface area contributed by atoms with Gasteiger partial charge in [-0.05, 0) is 132 Å². The Kier molecular flexibility index (Phi) is 16.5. The van der Waals surface area contributed by atoms with E-state index in [0.717, 1.165) is 67.9 Å². The standard InChI is InChI=1S/C21H21ClN4O4S.C20H20ClN3O3S.C3H9NOSi/c22-16-5-4-15(31-16)18(27)24-14-3-1-2-13-17(14)20(29)26(19(13)28)11-8-12-6-9-25(10-7-12)21(23)30;21-16-5-4-15(28-16)18(25)23-14-3-1-2-13-17(14)20(27)24(19(13)26)11-8-12-6-9-22-10-7-12;1-6(2,3)4-5/h1-5,12H,6-11H2,(H2,23,30)(H,24,27);1-5,12,22H,6-11H2,(H,23,25);1-3H3. The zero-order valence-electron chi connectivity index (χ0n) is 36.1. The summed E-state index contributed by atoms with van der Waals surface area (Å²) in [7, 11) is -1.56. The third-order valence-corrected chi connectivity index (χ3v) is 14.3. The van der Waals surface area contributed by atoms with Gasteiger partial charge in [0.2, 0.25) is 8.24 Å². The Bertz CT molecular complexity index is 2480. The van der Waals surface area contributed by atoms with Crippen molar-refractivity contribution < 1.29 is 33.6 Å². The Balaban J connectivity index is 0.000000192. The zero-order chi connectivity index (χ0) is 47.0. The lowest BCUT2D eigenvalue weighted by molar-refractivity contribution is 0.0625. The fourth-order valence-electron chi connectivity index (χ4n) is 7.76. The minimum absolute atomic E-state index is 0.215. The van der Waals surface area contributed by atoms with E-state index >= 15 is 0 Å². The van der Waals surface area contributed by atoms with Gasteiger partial charge in [-0.15, -0.1) is 27.5 Å². The van der Waals surface area contributed by atoms with Crippen molar-refractivity contribution in [2.45, 2.75) is 58.2 Å². The van der Waals surface area contributed by atoms with Crippen LogP contribution in [0.4, 0.5) is 16.2 Å². The predicted octanol–water partition coefficient (Wildman–Crippen LogP) is 8.66. The summed E-state index contributed by atoms with van der Waals surface area (Å²) in [6.45, 7) is 9.55. The van der Waals surface area contributed by atoms with Crippen molar-refractivity contribution in [2.75, 3.05) is 49.9 Å². The molecule has 8 rings (SSSR count). The van der Waals surface area contributed by atoms with Crippen LogP contribution >= 0.6 is 45.9 Å². The lowest BCUT2D eigenvalue weighted by atomic mass is 9.93. The number of amides is 8. The van der Waals surface area contributed by atoms with E-state index in [1.807, 2.05) is 19.6 Å². The number of carbonyl (C=O) groups excluding carboxylic acids is 7. The van der Waals surface area contributed by atoms with Crippen LogP contribution in [-0.2, 0) is 0 Å². The molecule has 21 heteroatoms. The van der Waals surface area contributed by atoms with Crippen LogP contribution in [0.3, 0.4) is 0 Å². The van der Waals surface area contributed by atoms with Gasteiger partial charge in [0.25, 0.3) is 35.4 Å². The zero-order valence-corrected chi connectivity index (χ0v) is 40.3. The molecule has 2 aromatic heterocycles. The van der Waals surface area contributed by atoms with Crippen molar-refractivity contribution in [1.82, 2.24) is 20.0 Å². The van der Waals surface area contributed by atoms with Crippen LogP contribution < -0.4 is 21.7 Å². The molecule has 16 nitrogen and oxygen atoms in total. The number of benzene rings is 2. The second kappa shape index (κ2) is 21.8. The molecule has 0 saturated carbocycles. The quantitative estimate of drug-likeness (QED) is 0.0641. The Morgan fingerprint density at radius 1 is 0.692 bits per heavy atom. The minimum atomic E-state index is -1.56. The highest BCUT2D eigenvalue weighted by atomic mass is 35.5. The topological polar surface area (TPSA) is 221 Å². The molecule has 0 spiro atoms. The van der Waals surface area contributed by atoms with Gasteiger partial charge in [0, 0.05) is 26.2 Å². The Hall–Kier alpha value is -5.31. The predicted molar refractivity (Wildman–Crippen MR) is 256 cm³/mol. The maximum absolute atomic E-state index is 13.0. The van der Waals surface area contributed by atoms with E-state index in [0.29, 0.717) is 79.8 Å². The first kappa shape index (κ1) is 49.1. The highest BCUT2D eigenvalue weighted by Gasteiger charge is 2.39. The summed E-state index contributed by atoms with van der Waals surface area (Å²) in [5, 5.41) is 8.80. The molecule has 6 heterocycles. The van der Waals surface area contributed by atoms with Crippen LogP contribution in [0, 0.1) is 16.7 Å². The van der Waals surface area contributed by atoms with E-state index in [1.165, 1.54) is 9.80 Å². The number of thiophene rings is 2. The van der Waals surface area contributed by atoms with Crippen molar-refractivity contribution in [2.24, 2.45) is 22.4 Å². The first-order valence-corrected chi connectivity index (χ1v) is 27.0. The van der Waals surface area contributed by atoms with E-state index in [1.54, 1.807) is 65.6 Å². The third kappa shape index (κ3) is 12.3. The van der Waals surface area contributed by atoms with Crippen molar-refractivity contribution in [3.8, 4) is 0 Å². The summed E-state index contributed by atoms with van der Waals surface area (Å²) in [5.41, 5.74) is 7.10. The average molecular weight is 982 g/mol. The second-order valence-electron chi connectivity index (χ2n) is 16.9. The van der Waals surface area contributed by atoms with Gasteiger partial charge in [0.15, 0.2) is 0 Å². The van der Waals surface area contributed by atoms with Crippen LogP contribution in [0.2, 0.25) is 28.3 Å². The smallest absolute Gasteiger partial charge is 0.314 e. The number of nitroso groups, excluding NO2 is 1. The number of urea groups is 1. The minimum Gasteiger partial charge on any atom is -0.351 e. The summed E-state index contributed by atoms with van der Waals surface area (Å²) in [6.07, 6.45) is 5.17. The molecule has 2 fully saturated rings. The molecule has 0 aliphatic carbocycles. The van der Waals surface area contributed by atoms with Crippen LogP contribution in [0.15, 0.2) is 65.5 Å². The molecule has 344 valence electrons. The fourth-order valence-corrected chi connectivity index (χ4v) is 9.63. The van der Waals surface area contributed by atoms with Gasteiger partial charge < -0.3 is 26.6 Å². The van der Waals surface area contributed by atoms with Crippen LogP contribution in [0.5, 0.6) is 0 Å². The largest absolute Gasteiger partial charge is 0.351 e. The van der Waals surface area contributed by atoms with E-state index in [2.05, 4.69) is 20.8 Å². The number of nitrogens with zero attached hydrogens (tertiary/aromatic N) is 4. The molecule has 65 heavy (non-hydrogen) atoms. The first-order chi connectivity index (χ1) is 30.9. The van der Waals surface area contributed by atoms with Gasteiger partial charge in [-0.25, -0.2) is 4.79 Å². The van der Waals surface area contributed by atoms with Gasteiger partial charge in [0.05, 0.1) is 52.1 Å². The van der Waals surface area contributed by atoms with Gasteiger partial charge >= 0.3 is 6.03 Å². The molecule has 4 aliphatic heterocycles. The molecule has 5 N–H and O–H groups in total. The first-order valence-electron chi connectivity index (χ1n) is 21.2. The van der Waals surface area contributed by atoms with E-state index < -0.39 is 20.2 Å². The number of piperidine rings is 2. The van der Waals surface area contributed by atoms with Crippen molar-refractivity contribution in [1.29, 1.82) is 0 Å². The summed E-state index contributed by atoms with van der Waals surface area (Å²) in [5.74, 6) is -1.29. The number of rotatable bonds is 11. The summed E-state index contributed by atoms with van der Waals surface area (Å²) >= 11 is 14.1. The van der Waals surface area contributed by atoms with E-state index in [9.17, 15) is 38.5 Å². The number of hydrogen-bond acceptors (Lipinski definition) is 12. The third-order valence-electron chi connectivity index (χ3n) is 11.3. The number of hydrogen-bond donors (Lipinski definition) is 4. The fraction of sp³-hybridized carbons (Fsp3) is 0.386. The molecule has 0 unspecified atom stereocenters. The molecule has 8 amide bonds. The number of nitrogens with one attached hydrogen (secondary N) is 3. The molecular weight excluding hydrogens is 932 g/mol. The van der Waals surface area contributed by atoms with Crippen LogP contribution in [0.1, 0.15) is 99.3 Å². The summed E-state index contributed by atoms with van der Waals surface area (Å²) in [6, 6.07) is 15.9. The van der Waals surface area contributed by atoms with Crippen LogP contribution in [-0.4, -0.2) is 104 Å². The maximum atomic E-state index is 13.0. The number of fused-ring (bicyclic) bond motifs is 2. The van der Waals surface area contributed by atoms with E-state index in [4.69, 9.17) is 28.9 Å². The molecular formula is C44H50Cl2N8O8S2Si. The molecule has 2 saturated heterocycles. The van der Waals surface area contributed by atoms with Gasteiger partial charge in [-0.3, -0.25) is 38.6 Å².